The molecule has 2 rings (SSSR count). The Morgan fingerprint density at radius 2 is 2.16 bits per heavy atom. The van der Waals surface area contributed by atoms with E-state index in [0.29, 0.717) is 19.6 Å². The molecule has 1 amide bonds. The molecule has 19 heavy (non-hydrogen) atoms. The fourth-order valence-corrected chi connectivity index (χ4v) is 2.13. The van der Waals surface area contributed by atoms with Crippen molar-refractivity contribution < 1.29 is 14.6 Å². The number of aliphatic hydroxyl groups is 1. The van der Waals surface area contributed by atoms with Crippen LogP contribution >= 0.6 is 0 Å². The first-order valence-corrected chi connectivity index (χ1v) is 6.79. The molecule has 0 unspecified atom stereocenters. The van der Waals surface area contributed by atoms with Gasteiger partial charge in [0, 0.05) is 12.6 Å². The smallest absolute Gasteiger partial charge is 0.410 e. The molecule has 0 spiro atoms. The minimum absolute atomic E-state index is 0.191. The van der Waals surface area contributed by atoms with Crippen LogP contribution in [-0.4, -0.2) is 59.3 Å². The van der Waals surface area contributed by atoms with Crippen LogP contribution in [0.2, 0.25) is 0 Å². The zero-order chi connectivity index (χ0) is 14.0. The van der Waals surface area contributed by atoms with E-state index in [1.165, 1.54) is 0 Å². The van der Waals surface area contributed by atoms with Crippen LogP contribution in [0.1, 0.15) is 33.6 Å². The molecule has 1 heterocycles. The van der Waals surface area contributed by atoms with Gasteiger partial charge in [-0.05, 0) is 33.6 Å². The van der Waals surface area contributed by atoms with Crippen LogP contribution in [0, 0.1) is 0 Å². The van der Waals surface area contributed by atoms with E-state index in [9.17, 15) is 9.90 Å². The minimum Gasteiger partial charge on any atom is -0.444 e. The third-order valence-corrected chi connectivity index (χ3v) is 3.15. The van der Waals surface area contributed by atoms with E-state index in [1.807, 2.05) is 20.8 Å². The van der Waals surface area contributed by atoms with E-state index in [-0.39, 0.29) is 18.2 Å². The second-order valence-corrected chi connectivity index (χ2v) is 6.20. The van der Waals surface area contributed by atoms with Gasteiger partial charge in [-0.25, -0.2) is 4.79 Å². The molecule has 6 heteroatoms. The number of hydrogen-bond acceptors (Lipinski definition) is 5. The summed E-state index contributed by atoms with van der Waals surface area (Å²) in [5.41, 5.74) is -0.475. The summed E-state index contributed by atoms with van der Waals surface area (Å²) in [5.74, 6) is 0.814. The Labute approximate surface area is 113 Å². The van der Waals surface area contributed by atoms with E-state index in [2.05, 4.69) is 10.3 Å². The molecule has 0 aromatic rings. The third kappa shape index (κ3) is 4.09. The molecule has 0 aromatic carbocycles. The van der Waals surface area contributed by atoms with E-state index < -0.39 is 5.60 Å². The van der Waals surface area contributed by atoms with E-state index in [4.69, 9.17) is 4.74 Å². The summed E-state index contributed by atoms with van der Waals surface area (Å²) in [5, 5.41) is 12.5. The first kappa shape index (κ1) is 14.1. The minimum atomic E-state index is -0.475. The molecule has 1 aliphatic heterocycles. The molecular formula is C13H23N3O3. The maximum absolute atomic E-state index is 12.0. The number of amides is 1. The van der Waals surface area contributed by atoms with Crippen LogP contribution in [-0.2, 0) is 4.74 Å². The van der Waals surface area contributed by atoms with Crippen LogP contribution in [0.25, 0.3) is 0 Å². The van der Waals surface area contributed by atoms with Crippen LogP contribution < -0.4 is 5.32 Å². The predicted molar refractivity (Wildman–Crippen MR) is 72.3 cm³/mol. The van der Waals surface area contributed by atoms with Crippen molar-refractivity contribution in [2.45, 2.75) is 51.4 Å². The summed E-state index contributed by atoms with van der Waals surface area (Å²) in [7, 11) is 0. The molecule has 0 saturated heterocycles. The zero-order valence-electron chi connectivity index (χ0n) is 11.8. The Bertz CT molecular complexity index is 370. The summed E-state index contributed by atoms with van der Waals surface area (Å²) in [6.45, 7) is 7.22. The van der Waals surface area contributed by atoms with Gasteiger partial charge in [0.1, 0.15) is 11.4 Å². The van der Waals surface area contributed by atoms with Crippen LogP contribution in [0.15, 0.2) is 4.99 Å². The molecule has 0 aromatic heterocycles. The van der Waals surface area contributed by atoms with Crippen molar-refractivity contribution in [3.05, 3.63) is 0 Å². The highest BCUT2D eigenvalue weighted by Crippen LogP contribution is 2.19. The second-order valence-electron chi connectivity index (χ2n) is 6.20. The van der Waals surface area contributed by atoms with Crippen molar-refractivity contribution in [3.63, 3.8) is 0 Å². The average Bonchev–Trinajstić information content (AvgIpc) is 2.25. The summed E-state index contributed by atoms with van der Waals surface area (Å²) in [6.07, 6.45) is 1.02. The highest BCUT2D eigenvalue weighted by Gasteiger charge is 2.30. The maximum Gasteiger partial charge on any atom is 0.410 e. The number of aliphatic hydroxyl groups excluding tert-OH is 1. The van der Waals surface area contributed by atoms with Gasteiger partial charge in [0.15, 0.2) is 0 Å². The van der Waals surface area contributed by atoms with Crippen molar-refractivity contribution in [3.8, 4) is 0 Å². The Balaban J connectivity index is 1.82. The molecule has 1 saturated carbocycles. The summed E-state index contributed by atoms with van der Waals surface area (Å²) >= 11 is 0. The fourth-order valence-electron chi connectivity index (χ4n) is 2.13. The Kier molecular flexibility index (Phi) is 3.99. The van der Waals surface area contributed by atoms with Crippen LogP contribution in [0.3, 0.4) is 0 Å². The monoisotopic (exact) mass is 269 g/mol. The SMILES string of the molecule is CC(C)(C)OC(=O)N1CCN=C(NC2CC(O)C2)C1. The van der Waals surface area contributed by atoms with Gasteiger partial charge in [0.05, 0.1) is 19.2 Å². The first-order chi connectivity index (χ1) is 8.83. The molecule has 6 nitrogen and oxygen atoms in total. The second kappa shape index (κ2) is 5.36. The first-order valence-electron chi connectivity index (χ1n) is 6.79. The quantitative estimate of drug-likeness (QED) is 0.736. The van der Waals surface area contributed by atoms with Gasteiger partial charge < -0.3 is 15.2 Å². The van der Waals surface area contributed by atoms with Crippen molar-refractivity contribution >= 4 is 11.9 Å². The Morgan fingerprint density at radius 3 is 2.74 bits per heavy atom. The lowest BCUT2D eigenvalue weighted by Gasteiger charge is -2.36. The molecule has 1 aliphatic carbocycles. The lowest BCUT2D eigenvalue weighted by Crippen LogP contribution is -2.53. The normalized spacial score (nSPS) is 27.4. The molecule has 2 N–H and O–H groups in total. The molecular weight excluding hydrogens is 246 g/mol. The average molecular weight is 269 g/mol. The molecule has 0 atom stereocenters. The van der Waals surface area contributed by atoms with Gasteiger partial charge in [-0.15, -0.1) is 0 Å². The number of carbonyl (C=O) groups is 1. The summed E-state index contributed by atoms with van der Waals surface area (Å²) in [4.78, 5) is 18.0. The lowest BCUT2D eigenvalue weighted by molar-refractivity contribution is 0.0272. The number of rotatable bonds is 1. The highest BCUT2D eigenvalue weighted by molar-refractivity contribution is 5.88. The van der Waals surface area contributed by atoms with E-state index in [1.54, 1.807) is 4.90 Å². The molecule has 1 fully saturated rings. The van der Waals surface area contributed by atoms with Crippen LogP contribution in [0.4, 0.5) is 4.79 Å². The van der Waals surface area contributed by atoms with E-state index in [0.717, 1.165) is 18.7 Å². The highest BCUT2D eigenvalue weighted by atomic mass is 16.6. The zero-order valence-corrected chi connectivity index (χ0v) is 11.8. The number of carbonyl (C=O) groups excluding carboxylic acids is 1. The number of hydrogen-bond donors (Lipinski definition) is 2. The van der Waals surface area contributed by atoms with Crippen molar-refractivity contribution in [2.75, 3.05) is 19.6 Å². The third-order valence-electron chi connectivity index (χ3n) is 3.15. The van der Waals surface area contributed by atoms with Gasteiger partial charge in [-0.1, -0.05) is 0 Å². The fraction of sp³-hybridized carbons (Fsp3) is 0.846. The summed E-state index contributed by atoms with van der Waals surface area (Å²) < 4.78 is 5.35. The van der Waals surface area contributed by atoms with Gasteiger partial charge in [0.2, 0.25) is 0 Å². The van der Waals surface area contributed by atoms with Gasteiger partial charge >= 0.3 is 6.09 Å². The van der Waals surface area contributed by atoms with Gasteiger partial charge in [0.25, 0.3) is 0 Å². The largest absolute Gasteiger partial charge is 0.444 e. The molecule has 2 aliphatic rings. The van der Waals surface area contributed by atoms with Crippen molar-refractivity contribution in [1.82, 2.24) is 10.2 Å². The number of aliphatic imine (C=N–C) groups is 1. The molecule has 0 bridgehead atoms. The Morgan fingerprint density at radius 1 is 1.47 bits per heavy atom. The summed E-state index contributed by atoms with van der Waals surface area (Å²) in [6, 6.07) is 0.285. The van der Waals surface area contributed by atoms with Gasteiger partial charge in [-0.2, -0.15) is 0 Å². The lowest BCUT2D eigenvalue weighted by atomic mass is 9.89. The van der Waals surface area contributed by atoms with Crippen LogP contribution in [0.5, 0.6) is 0 Å². The number of nitrogens with zero attached hydrogens (tertiary/aromatic N) is 2. The van der Waals surface area contributed by atoms with Gasteiger partial charge in [-0.3, -0.25) is 9.89 Å². The van der Waals surface area contributed by atoms with Crippen molar-refractivity contribution in [2.24, 2.45) is 4.99 Å². The number of amidine groups is 1. The standard InChI is InChI=1S/C13H23N3O3/c1-13(2,3)19-12(18)16-5-4-14-11(8-16)15-9-6-10(17)7-9/h9-10,17H,4-8H2,1-3H3,(H,14,15). The predicted octanol–water partition coefficient (Wildman–Crippen LogP) is 0.748. The Hall–Kier alpha value is -1.30. The molecule has 0 radical (unpaired) electrons. The number of ether oxygens (including phenoxy) is 1. The maximum atomic E-state index is 12.0. The number of nitrogens with one attached hydrogen (secondary N) is 1. The van der Waals surface area contributed by atoms with E-state index >= 15 is 0 Å². The van der Waals surface area contributed by atoms with Crippen molar-refractivity contribution in [1.29, 1.82) is 0 Å². The molecule has 108 valence electrons. The topological polar surface area (TPSA) is 74.2 Å².